The van der Waals surface area contributed by atoms with Gasteiger partial charge in [-0.3, -0.25) is 4.79 Å². The SMILES string of the molecule is CCc1ccc(-c2nc3c(c(=O)[nH]2)CCC3)o1. The second-order valence-corrected chi connectivity index (χ2v) is 4.31. The Bertz CT molecular complexity index is 610. The summed E-state index contributed by atoms with van der Waals surface area (Å²) in [4.78, 5) is 19.1. The zero-order valence-corrected chi connectivity index (χ0v) is 9.75. The van der Waals surface area contributed by atoms with E-state index in [0.717, 1.165) is 42.7 Å². The molecule has 1 aliphatic carbocycles. The molecule has 17 heavy (non-hydrogen) atoms. The molecule has 0 aromatic carbocycles. The fraction of sp³-hybridized carbons (Fsp3) is 0.385. The van der Waals surface area contributed by atoms with Crippen LogP contribution in [-0.2, 0) is 19.3 Å². The smallest absolute Gasteiger partial charge is 0.254 e. The van der Waals surface area contributed by atoms with Crippen molar-refractivity contribution in [3.8, 4) is 11.6 Å². The zero-order valence-electron chi connectivity index (χ0n) is 9.75. The van der Waals surface area contributed by atoms with Crippen molar-refractivity contribution in [2.45, 2.75) is 32.6 Å². The Kier molecular flexibility index (Phi) is 2.35. The van der Waals surface area contributed by atoms with Crippen molar-refractivity contribution < 1.29 is 4.42 Å². The third kappa shape index (κ3) is 1.69. The zero-order chi connectivity index (χ0) is 11.8. The van der Waals surface area contributed by atoms with Gasteiger partial charge in [0, 0.05) is 12.0 Å². The minimum atomic E-state index is -0.0167. The maximum Gasteiger partial charge on any atom is 0.254 e. The fourth-order valence-electron chi connectivity index (χ4n) is 2.25. The number of nitrogens with one attached hydrogen (secondary N) is 1. The molecule has 2 aromatic heterocycles. The van der Waals surface area contributed by atoms with E-state index in [1.54, 1.807) is 0 Å². The molecule has 0 atom stereocenters. The van der Waals surface area contributed by atoms with Gasteiger partial charge >= 0.3 is 0 Å². The molecule has 0 saturated heterocycles. The monoisotopic (exact) mass is 230 g/mol. The molecule has 0 amide bonds. The van der Waals surface area contributed by atoms with Crippen LogP contribution in [0.3, 0.4) is 0 Å². The van der Waals surface area contributed by atoms with Gasteiger partial charge in [-0.15, -0.1) is 0 Å². The quantitative estimate of drug-likeness (QED) is 0.859. The Hall–Kier alpha value is -1.84. The Morgan fingerprint density at radius 1 is 1.41 bits per heavy atom. The second-order valence-electron chi connectivity index (χ2n) is 4.31. The standard InChI is InChI=1S/C13H14N2O2/c1-2-8-6-7-11(17-8)12-14-10-5-3-4-9(10)13(16)15-12/h6-7H,2-5H2,1H3,(H,14,15,16). The van der Waals surface area contributed by atoms with Crippen LogP contribution < -0.4 is 5.56 Å². The van der Waals surface area contributed by atoms with E-state index >= 15 is 0 Å². The van der Waals surface area contributed by atoms with Crippen LogP contribution in [0.25, 0.3) is 11.6 Å². The molecule has 0 aliphatic heterocycles. The number of H-pyrrole nitrogens is 1. The first-order valence-corrected chi connectivity index (χ1v) is 5.99. The van der Waals surface area contributed by atoms with Crippen molar-refractivity contribution >= 4 is 0 Å². The highest BCUT2D eigenvalue weighted by molar-refractivity contribution is 5.48. The third-order valence-electron chi connectivity index (χ3n) is 3.18. The summed E-state index contributed by atoms with van der Waals surface area (Å²) in [5.74, 6) is 2.10. The summed E-state index contributed by atoms with van der Waals surface area (Å²) >= 11 is 0. The lowest BCUT2D eigenvalue weighted by molar-refractivity contribution is 0.525. The number of hydrogen-bond donors (Lipinski definition) is 1. The molecule has 0 fully saturated rings. The highest BCUT2D eigenvalue weighted by atomic mass is 16.3. The van der Waals surface area contributed by atoms with Gasteiger partial charge in [0.25, 0.3) is 5.56 Å². The normalized spacial score (nSPS) is 13.9. The lowest BCUT2D eigenvalue weighted by Crippen LogP contribution is -2.14. The maximum absolute atomic E-state index is 11.8. The number of aryl methyl sites for hydroxylation is 2. The van der Waals surface area contributed by atoms with E-state index in [0.29, 0.717) is 11.6 Å². The summed E-state index contributed by atoms with van der Waals surface area (Å²) in [5, 5.41) is 0. The van der Waals surface area contributed by atoms with Gasteiger partial charge in [-0.2, -0.15) is 0 Å². The van der Waals surface area contributed by atoms with Gasteiger partial charge in [0.1, 0.15) is 5.76 Å². The van der Waals surface area contributed by atoms with E-state index in [-0.39, 0.29) is 5.56 Å². The lowest BCUT2D eigenvalue weighted by atomic mass is 10.2. The number of aromatic nitrogens is 2. The number of fused-ring (bicyclic) bond motifs is 1. The van der Waals surface area contributed by atoms with Crippen LogP contribution in [0.4, 0.5) is 0 Å². The van der Waals surface area contributed by atoms with E-state index < -0.39 is 0 Å². The molecule has 0 spiro atoms. The van der Waals surface area contributed by atoms with E-state index in [1.165, 1.54) is 0 Å². The number of aromatic amines is 1. The first-order chi connectivity index (χ1) is 8.28. The predicted molar refractivity (Wildman–Crippen MR) is 64.0 cm³/mol. The van der Waals surface area contributed by atoms with E-state index in [1.807, 2.05) is 19.1 Å². The summed E-state index contributed by atoms with van der Waals surface area (Å²) in [6, 6.07) is 3.78. The summed E-state index contributed by atoms with van der Waals surface area (Å²) in [7, 11) is 0. The first kappa shape index (κ1) is 10.3. The molecule has 0 bridgehead atoms. The van der Waals surface area contributed by atoms with Crippen LogP contribution in [0, 0.1) is 0 Å². The number of nitrogens with zero attached hydrogens (tertiary/aromatic N) is 1. The van der Waals surface area contributed by atoms with Gasteiger partial charge in [-0.05, 0) is 31.4 Å². The predicted octanol–water partition coefficient (Wildman–Crippen LogP) is 2.08. The molecule has 1 N–H and O–H groups in total. The number of rotatable bonds is 2. The molecule has 88 valence electrons. The van der Waals surface area contributed by atoms with Crippen LogP contribution in [0.5, 0.6) is 0 Å². The molecule has 2 aromatic rings. The van der Waals surface area contributed by atoms with Crippen LogP contribution in [0.2, 0.25) is 0 Å². The van der Waals surface area contributed by atoms with Crippen molar-refractivity contribution in [3.05, 3.63) is 39.5 Å². The average Bonchev–Trinajstić information content (AvgIpc) is 2.97. The van der Waals surface area contributed by atoms with Crippen LogP contribution in [-0.4, -0.2) is 9.97 Å². The molecular formula is C13H14N2O2. The summed E-state index contributed by atoms with van der Waals surface area (Å²) < 4.78 is 5.60. The minimum absolute atomic E-state index is 0.0167. The highest BCUT2D eigenvalue weighted by Crippen LogP contribution is 2.22. The van der Waals surface area contributed by atoms with Gasteiger partial charge in [0.2, 0.25) is 0 Å². The van der Waals surface area contributed by atoms with Crippen LogP contribution in [0.1, 0.15) is 30.4 Å². The van der Waals surface area contributed by atoms with Crippen molar-refractivity contribution in [1.82, 2.24) is 9.97 Å². The first-order valence-electron chi connectivity index (χ1n) is 5.99. The number of furan rings is 1. The maximum atomic E-state index is 11.8. The molecule has 4 heteroatoms. The summed E-state index contributed by atoms with van der Waals surface area (Å²) in [5.41, 5.74) is 1.76. The molecule has 2 heterocycles. The fourth-order valence-corrected chi connectivity index (χ4v) is 2.25. The van der Waals surface area contributed by atoms with Crippen LogP contribution in [0.15, 0.2) is 21.3 Å². The summed E-state index contributed by atoms with van der Waals surface area (Å²) in [6.45, 7) is 2.03. The Balaban J connectivity index is 2.09. The van der Waals surface area contributed by atoms with Gasteiger partial charge in [0.05, 0.1) is 5.69 Å². The minimum Gasteiger partial charge on any atom is -0.458 e. The van der Waals surface area contributed by atoms with Gasteiger partial charge in [0.15, 0.2) is 11.6 Å². The Morgan fingerprint density at radius 3 is 3.06 bits per heavy atom. The Labute approximate surface area is 98.7 Å². The molecule has 4 nitrogen and oxygen atoms in total. The van der Waals surface area contributed by atoms with Gasteiger partial charge in [-0.25, -0.2) is 4.98 Å². The lowest BCUT2D eigenvalue weighted by Gasteiger charge is -2.01. The highest BCUT2D eigenvalue weighted by Gasteiger charge is 2.18. The average molecular weight is 230 g/mol. The molecule has 0 unspecified atom stereocenters. The van der Waals surface area contributed by atoms with E-state index in [9.17, 15) is 4.79 Å². The van der Waals surface area contributed by atoms with Gasteiger partial charge < -0.3 is 9.40 Å². The molecular weight excluding hydrogens is 216 g/mol. The van der Waals surface area contributed by atoms with Crippen molar-refractivity contribution in [3.63, 3.8) is 0 Å². The molecule has 3 rings (SSSR count). The van der Waals surface area contributed by atoms with Crippen molar-refractivity contribution in [1.29, 1.82) is 0 Å². The second kappa shape index (κ2) is 3.87. The van der Waals surface area contributed by atoms with Crippen molar-refractivity contribution in [2.75, 3.05) is 0 Å². The third-order valence-corrected chi connectivity index (χ3v) is 3.18. The topological polar surface area (TPSA) is 58.9 Å². The number of hydrogen-bond acceptors (Lipinski definition) is 3. The van der Waals surface area contributed by atoms with E-state index in [2.05, 4.69) is 9.97 Å². The molecule has 0 saturated carbocycles. The molecule has 1 aliphatic rings. The Morgan fingerprint density at radius 2 is 2.29 bits per heavy atom. The summed E-state index contributed by atoms with van der Waals surface area (Å²) in [6.07, 6.45) is 3.60. The van der Waals surface area contributed by atoms with Crippen molar-refractivity contribution in [2.24, 2.45) is 0 Å². The largest absolute Gasteiger partial charge is 0.458 e. The van der Waals surface area contributed by atoms with Gasteiger partial charge in [-0.1, -0.05) is 6.92 Å². The molecule has 0 radical (unpaired) electrons. The van der Waals surface area contributed by atoms with E-state index in [4.69, 9.17) is 4.42 Å². The van der Waals surface area contributed by atoms with Crippen LogP contribution >= 0.6 is 0 Å².